The molecule has 5 heteroatoms. The summed E-state index contributed by atoms with van der Waals surface area (Å²) in [5, 5.41) is 1.98. The summed E-state index contributed by atoms with van der Waals surface area (Å²) < 4.78 is 0. The fourth-order valence-electron chi connectivity index (χ4n) is 3.24. The molecule has 4 aromatic rings. The van der Waals surface area contributed by atoms with E-state index in [0.717, 1.165) is 35.4 Å². The lowest BCUT2D eigenvalue weighted by Gasteiger charge is -2.24. The maximum absolute atomic E-state index is 6.45. The molecule has 1 heterocycles. The third-order valence-electron chi connectivity index (χ3n) is 4.67. The van der Waals surface area contributed by atoms with Gasteiger partial charge in [-0.3, -0.25) is 0 Å². The van der Waals surface area contributed by atoms with Crippen molar-refractivity contribution in [3.8, 4) is 11.4 Å². The number of hydrogen-bond acceptors (Lipinski definition) is 3. The van der Waals surface area contributed by atoms with Crippen LogP contribution in [0.15, 0.2) is 72.8 Å². The van der Waals surface area contributed by atoms with Crippen molar-refractivity contribution in [1.82, 2.24) is 9.97 Å². The Morgan fingerprint density at radius 1 is 0.821 bits per heavy atom. The van der Waals surface area contributed by atoms with Gasteiger partial charge in [-0.25, -0.2) is 9.97 Å². The summed E-state index contributed by atoms with van der Waals surface area (Å²) in [4.78, 5) is 11.9. The Morgan fingerprint density at radius 2 is 1.57 bits per heavy atom. The molecular formula is C23H19Cl2N3. The highest BCUT2D eigenvalue weighted by Gasteiger charge is 2.17. The molecule has 0 saturated heterocycles. The van der Waals surface area contributed by atoms with Gasteiger partial charge in [0.25, 0.3) is 0 Å². The van der Waals surface area contributed by atoms with Crippen molar-refractivity contribution in [2.45, 2.75) is 13.5 Å². The largest absolute Gasteiger partial charge is 0.352 e. The zero-order chi connectivity index (χ0) is 19.5. The molecule has 0 aliphatic rings. The van der Waals surface area contributed by atoms with Crippen LogP contribution in [0, 0.1) is 0 Å². The van der Waals surface area contributed by atoms with Crippen LogP contribution in [0.4, 0.5) is 5.82 Å². The van der Waals surface area contributed by atoms with Crippen molar-refractivity contribution in [2.24, 2.45) is 0 Å². The van der Waals surface area contributed by atoms with Crippen LogP contribution >= 0.6 is 23.2 Å². The number of aromatic nitrogens is 2. The quantitative estimate of drug-likeness (QED) is 0.371. The minimum atomic E-state index is 0.469. The SMILES string of the molecule is CCN(Cc1ccccc1)c1nc(-c2cccc(Cl)c2Cl)nc2ccccc12. The van der Waals surface area contributed by atoms with Crippen molar-refractivity contribution < 1.29 is 0 Å². The normalized spacial score (nSPS) is 11.0. The highest BCUT2D eigenvalue weighted by molar-refractivity contribution is 6.43. The second-order valence-electron chi connectivity index (χ2n) is 6.49. The summed E-state index contributed by atoms with van der Waals surface area (Å²) in [6.45, 7) is 3.71. The molecule has 0 radical (unpaired) electrons. The van der Waals surface area contributed by atoms with Crippen LogP contribution in [0.3, 0.4) is 0 Å². The van der Waals surface area contributed by atoms with Crippen molar-refractivity contribution in [3.05, 3.63) is 88.4 Å². The van der Waals surface area contributed by atoms with Gasteiger partial charge in [0.15, 0.2) is 5.82 Å². The molecule has 1 aromatic heterocycles. The van der Waals surface area contributed by atoms with Crippen molar-refractivity contribution in [1.29, 1.82) is 0 Å². The number of benzene rings is 3. The first-order chi connectivity index (χ1) is 13.7. The van der Waals surface area contributed by atoms with Gasteiger partial charge in [-0.1, -0.05) is 71.7 Å². The molecule has 0 atom stereocenters. The molecular weight excluding hydrogens is 389 g/mol. The van der Waals surface area contributed by atoms with Gasteiger partial charge in [0, 0.05) is 24.0 Å². The van der Waals surface area contributed by atoms with Gasteiger partial charge in [0.2, 0.25) is 0 Å². The van der Waals surface area contributed by atoms with E-state index >= 15 is 0 Å². The van der Waals surface area contributed by atoms with Crippen LogP contribution in [0.2, 0.25) is 10.0 Å². The predicted octanol–water partition coefficient (Wildman–Crippen LogP) is 6.63. The summed E-state index contributed by atoms with van der Waals surface area (Å²) in [5.41, 5.74) is 2.84. The molecule has 0 fully saturated rings. The first-order valence-corrected chi connectivity index (χ1v) is 9.93. The highest BCUT2D eigenvalue weighted by atomic mass is 35.5. The van der Waals surface area contributed by atoms with Gasteiger partial charge in [0.05, 0.1) is 15.6 Å². The zero-order valence-corrected chi connectivity index (χ0v) is 17.0. The molecule has 0 N–H and O–H groups in total. The van der Waals surface area contributed by atoms with Crippen molar-refractivity contribution in [2.75, 3.05) is 11.4 Å². The number of rotatable bonds is 5. The maximum Gasteiger partial charge on any atom is 0.163 e. The Morgan fingerprint density at radius 3 is 2.36 bits per heavy atom. The van der Waals surface area contributed by atoms with E-state index in [1.54, 1.807) is 6.07 Å². The van der Waals surface area contributed by atoms with E-state index in [9.17, 15) is 0 Å². The Balaban J connectivity index is 1.88. The van der Waals surface area contributed by atoms with E-state index in [2.05, 4.69) is 42.2 Å². The summed E-state index contributed by atoms with van der Waals surface area (Å²) >= 11 is 12.7. The second-order valence-corrected chi connectivity index (χ2v) is 7.27. The lowest BCUT2D eigenvalue weighted by molar-refractivity contribution is 0.817. The lowest BCUT2D eigenvalue weighted by Crippen LogP contribution is -2.23. The van der Waals surface area contributed by atoms with E-state index in [1.165, 1.54) is 5.56 Å². The Hall–Kier alpha value is -2.62. The molecule has 4 rings (SSSR count). The van der Waals surface area contributed by atoms with E-state index in [-0.39, 0.29) is 0 Å². The molecule has 0 aliphatic heterocycles. The van der Waals surface area contributed by atoms with E-state index in [4.69, 9.17) is 33.2 Å². The average Bonchev–Trinajstić information content (AvgIpc) is 2.74. The van der Waals surface area contributed by atoms with E-state index in [1.807, 2.05) is 36.4 Å². The van der Waals surface area contributed by atoms with Gasteiger partial charge in [0.1, 0.15) is 5.82 Å². The molecule has 28 heavy (non-hydrogen) atoms. The number of hydrogen-bond donors (Lipinski definition) is 0. The Labute approximate surface area is 174 Å². The number of para-hydroxylation sites is 1. The first kappa shape index (κ1) is 18.7. The molecule has 3 nitrogen and oxygen atoms in total. The summed E-state index contributed by atoms with van der Waals surface area (Å²) in [6.07, 6.45) is 0. The lowest BCUT2D eigenvalue weighted by atomic mass is 10.1. The Kier molecular flexibility index (Phi) is 5.47. The van der Waals surface area contributed by atoms with Gasteiger partial charge >= 0.3 is 0 Å². The van der Waals surface area contributed by atoms with Crippen LogP contribution in [0.5, 0.6) is 0 Å². The van der Waals surface area contributed by atoms with E-state index in [0.29, 0.717) is 15.9 Å². The molecule has 0 amide bonds. The van der Waals surface area contributed by atoms with Crippen LogP contribution in [0.1, 0.15) is 12.5 Å². The number of anilines is 1. The smallest absolute Gasteiger partial charge is 0.163 e. The maximum atomic E-state index is 6.45. The fourth-order valence-corrected chi connectivity index (χ4v) is 3.62. The minimum Gasteiger partial charge on any atom is -0.352 e. The molecule has 3 aromatic carbocycles. The summed E-state index contributed by atoms with van der Waals surface area (Å²) in [7, 11) is 0. The second kappa shape index (κ2) is 8.17. The zero-order valence-electron chi connectivity index (χ0n) is 15.4. The molecule has 0 unspecified atom stereocenters. The summed E-state index contributed by atoms with van der Waals surface area (Å²) in [6, 6.07) is 24.0. The molecule has 0 bridgehead atoms. The molecule has 0 saturated carbocycles. The predicted molar refractivity (Wildman–Crippen MR) is 118 cm³/mol. The van der Waals surface area contributed by atoms with Crippen molar-refractivity contribution in [3.63, 3.8) is 0 Å². The number of nitrogens with zero attached hydrogens (tertiary/aromatic N) is 3. The number of fused-ring (bicyclic) bond motifs is 1. The summed E-state index contributed by atoms with van der Waals surface area (Å²) in [5.74, 6) is 1.47. The average molecular weight is 408 g/mol. The van der Waals surface area contributed by atoms with Gasteiger partial charge < -0.3 is 4.90 Å². The van der Waals surface area contributed by atoms with Crippen LogP contribution in [-0.2, 0) is 6.54 Å². The van der Waals surface area contributed by atoms with Crippen LogP contribution in [-0.4, -0.2) is 16.5 Å². The highest BCUT2D eigenvalue weighted by Crippen LogP contribution is 2.34. The first-order valence-electron chi connectivity index (χ1n) is 9.17. The minimum absolute atomic E-state index is 0.469. The van der Waals surface area contributed by atoms with Crippen molar-refractivity contribution >= 4 is 39.9 Å². The molecule has 140 valence electrons. The van der Waals surface area contributed by atoms with Crippen LogP contribution in [0.25, 0.3) is 22.3 Å². The fraction of sp³-hybridized carbons (Fsp3) is 0.130. The topological polar surface area (TPSA) is 29.0 Å². The third-order valence-corrected chi connectivity index (χ3v) is 5.49. The van der Waals surface area contributed by atoms with E-state index < -0.39 is 0 Å². The molecule has 0 aliphatic carbocycles. The Bertz CT molecular complexity index is 1110. The standard InChI is InChI=1S/C23H19Cl2N3/c1-2-28(15-16-9-4-3-5-10-16)23-17-11-6-7-14-20(17)26-22(27-23)18-12-8-13-19(24)21(18)25/h3-14H,2,15H2,1H3. The monoisotopic (exact) mass is 407 g/mol. The van der Waals surface area contributed by atoms with Crippen LogP contribution < -0.4 is 4.90 Å². The van der Waals surface area contributed by atoms with Gasteiger partial charge in [-0.05, 0) is 36.8 Å². The third kappa shape index (κ3) is 3.68. The number of halogens is 2. The van der Waals surface area contributed by atoms with Gasteiger partial charge in [-0.2, -0.15) is 0 Å². The van der Waals surface area contributed by atoms with Gasteiger partial charge in [-0.15, -0.1) is 0 Å². The molecule has 0 spiro atoms.